The maximum absolute atomic E-state index is 13.2. The molecule has 4 aromatic carbocycles. The van der Waals surface area contributed by atoms with Gasteiger partial charge in [0.15, 0.2) is 0 Å². The van der Waals surface area contributed by atoms with Gasteiger partial charge in [0, 0.05) is 35.7 Å². The minimum absolute atomic E-state index is 0.0563. The molecule has 0 unspecified atom stereocenters. The molecule has 0 aliphatic carbocycles. The first-order valence-corrected chi connectivity index (χ1v) is 13.4. The number of carbonyl (C=O) groups excluding carboxylic acids is 1. The molecule has 2 heterocycles. The Morgan fingerprint density at radius 3 is 2.44 bits per heavy atom. The fourth-order valence-electron chi connectivity index (χ4n) is 4.98. The monoisotopic (exact) mass is 547 g/mol. The largest absolute Gasteiger partial charge is 0.446 e. The number of imidazole rings is 1. The summed E-state index contributed by atoms with van der Waals surface area (Å²) < 4.78 is 45.9. The predicted octanol–water partition coefficient (Wildman–Crippen LogP) is 6.99. The van der Waals surface area contributed by atoms with Gasteiger partial charge in [0.1, 0.15) is 5.82 Å². The third kappa shape index (κ3) is 5.37. The van der Waals surface area contributed by atoms with Gasteiger partial charge in [0.25, 0.3) is 5.91 Å². The van der Waals surface area contributed by atoms with E-state index < -0.39 is 5.51 Å². The molecule has 0 atom stereocenters. The van der Waals surface area contributed by atoms with E-state index in [4.69, 9.17) is 9.72 Å². The van der Waals surface area contributed by atoms with Crippen molar-refractivity contribution in [3.63, 3.8) is 0 Å². The maximum Gasteiger partial charge on any atom is 0.446 e. The smallest absolute Gasteiger partial charge is 0.378 e. The van der Waals surface area contributed by atoms with Crippen molar-refractivity contribution >= 4 is 39.5 Å². The van der Waals surface area contributed by atoms with Gasteiger partial charge in [-0.05, 0) is 58.4 Å². The SMILES string of the molecule is O=C(c1ccc2c(c1)nc(-c1cccc3ccccc13)n2Cc1ccc(SC(F)(F)F)cc1)N1CCOCC1. The molecule has 9 heteroatoms. The lowest BCUT2D eigenvalue weighted by Crippen LogP contribution is -2.40. The fraction of sp³-hybridized carbons (Fsp3) is 0.200. The van der Waals surface area contributed by atoms with Crippen LogP contribution in [0.5, 0.6) is 0 Å². The Balaban J connectivity index is 1.44. The number of ether oxygens (including phenoxy) is 1. The number of carbonyl (C=O) groups is 1. The second kappa shape index (κ2) is 10.4. The van der Waals surface area contributed by atoms with E-state index >= 15 is 0 Å². The molecule has 1 amide bonds. The Kier molecular flexibility index (Phi) is 6.78. The number of thioether (sulfide) groups is 1. The number of hydrogen-bond donors (Lipinski definition) is 0. The lowest BCUT2D eigenvalue weighted by atomic mass is 10.0. The molecular formula is C30H24F3N3O2S. The number of halogens is 3. The average molecular weight is 548 g/mol. The highest BCUT2D eigenvalue weighted by molar-refractivity contribution is 8.00. The van der Waals surface area contributed by atoms with E-state index in [0.717, 1.165) is 33.2 Å². The van der Waals surface area contributed by atoms with Gasteiger partial charge >= 0.3 is 5.51 Å². The average Bonchev–Trinajstić information content (AvgIpc) is 3.30. The van der Waals surface area contributed by atoms with Crippen molar-refractivity contribution in [1.29, 1.82) is 0 Å². The van der Waals surface area contributed by atoms with Crippen LogP contribution in [0.1, 0.15) is 15.9 Å². The summed E-state index contributed by atoms with van der Waals surface area (Å²) in [5.41, 5.74) is -0.469. The van der Waals surface area contributed by atoms with Gasteiger partial charge in [-0.25, -0.2) is 4.98 Å². The molecule has 1 aromatic heterocycles. The predicted molar refractivity (Wildman–Crippen MR) is 147 cm³/mol. The molecule has 1 fully saturated rings. The molecule has 0 radical (unpaired) electrons. The molecule has 0 spiro atoms. The first-order valence-electron chi connectivity index (χ1n) is 12.6. The second-order valence-electron chi connectivity index (χ2n) is 9.35. The molecule has 0 N–H and O–H groups in total. The number of rotatable bonds is 5. The Hall–Kier alpha value is -3.82. The summed E-state index contributed by atoms with van der Waals surface area (Å²) in [6.45, 7) is 2.55. The maximum atomic E-state index is 13.2. The summed E-state index contributed by atoms with van der Waals surface area (Å²) in [4.78, 5) is 20.1. The minimum Gasteiger partial charge on any atom is -0.378 e. The number of nitrogens with zero attached hydrogens (tertiary/aromatic N) is 3. The zero-order valence-corrected chi connectivity index (χ0v) is 21.6. The van der Waals surface area contributed by atoms with Gasteiger partial charge in [-0.2, -0.15) is 13.2 Å². The summed E-state index contributed by atoms with van der Waals surface area (Å²) in [5.74, 6) is 0.672. The summed E-state index contributed by atoms with van der Waals surface area (Å²) in [6, 6.07) is 26.0. The van der Waals surface area contributed by atoms with Crippen molar-refractivity contribution < 1.29 is 22.7 Å². The van der Waals surface area contributed by atoms with Crippen molar-refractivity contribution in [2.24, 2.45) is 0 Å². The highest BCUT2D eigenvalue weighted by atomic mass is 32.2. The highest BCUT2D eigenvalue weighted by Gasteiger charge is 2.29. The molecule has 1 saturated heterocycles. The topological polar surface area (TPSA) is 47.4 Å². The third-order valence-corrected chi connectivity index (χ3v) is 7.56. The van der Waals surface area contributed by atoms with E-state index in [9.17, 15) is 18.0 Å². The molecule has 6 rings (SSSR count). The Morgan fingerprint density at radius 2 is 1.67 bits per heavy atom. The number of fused-ring (bicyclic) bond motifs is 2. The Bertz CT molecular complexity index is 1650. The number of morpholine rings is 1. The lowest BCUT2D eigenvalue weighted by Gasteiger charge is -2.26. The van der Waals surface area contributed by atoms with Gasteiger partial charge in [-0.1, -0.05) is 54.6 Å². The van der Waals surface area contributed by atoms with Crippen molar-refractivity contribution in [2.75, 3.05) is 26.3 Å². The van der Waals surface area contributed by atoms with Crippen LogP contribution in [0.3, 0.4) is 0 Å². The van der Waals surface area contributed by atoms with Crippen LogP contribution in [0.25, 0.3) is 33.2 Å². The van der Waals surface area contributed by atoms with Crippen LogP contribution in [0.15, 0.2) is 89.8 Å². The van der Waals surface area contributed by atoms with E-state index in [0.29, 0.717) is 43.9 Å². The molecule has 1 aliphatic rings. The van der Waals surface area contributed by atoms with Gasteiger partial charge in [-0.15, -0.1) is 0 Å². The van der Waals surface area contributed by atoms with Crippen LogP contribution in [0, 0.1) is 0 Å². The van der Waals surface area contributed by atoms with Gasteiger partial charge in [0.2, 0.25) is 0 Å². The fourth-order valence-corrected chi connectivity index (χ4v) is 5.52. The van der Waals surface area contributed by atoms with Crippen molar-refractivity contribution in [2.45, 2.75) is 16.9 Å². The molecule has 5 nitrogen and oxygen atoms in total. The van der Waals surface area contributed by atoms with Gasteiger partial charge < -0.3 is 14.2 Å². The van der Waals surface area contributed by atoms with Gasteiger partial charge in [0.05, 0.1) is 24.2 Å². The van der Waals surface area contributed by atoms with Gasteiger partial charge in [-0.3, -0.25) is 4.79 Å². The van der Waals surface area contributed by atoms with Crippen LogP contribution in [0.2, 0.25) is 0 Å². The standard InChI is InChI=1S/C30H24F3N3O2S/c31-30(32,33)39-23-11-8-20(9-12-23)19-36-27-13-10-22(29(37)35-14-16-38-17-15-35)18-26(27)34-28(36)25-7-3-5-21-4-1-2-6-24(21)25/h1-13,18H,14-17,19H2. The zero-order chi connectivity index (χ0) is 27.0. The normalized spacial score (nSPS) is 14.3. The summed E-state index contributed by atoms with van der Waals surface area (Å²) in [6.07, 6.45) is 0. The van der Waals surface area contributed by atoms with Crippen LogP contribution >= 0.6 is 11.8 Å². The minimum atomic E-state index is -4.33. The lowest BCUT2D eigenvalue weighted by molar-refractivity contribution is -0.0328. The van der Waals surface area contributed by atoms with E-state index in [1.807, 2.05) is 60.7 Å². The van der Waals surface area contributed by atoms with Crippen molar-refractivity contribution in [3.05, 3.63) is 96.1 Å². The first kappa shape index (κ1) is 25.5. The van der Waals surface area contributed by atoms with E-state index in [1.165, 1.54) is 12.1 Å². The summed E-state index contributed by atoms with van der Waals surface area (Å²) >= 11 is -0.126. The van der Waals surface area contributed by atoms with Crippen LogP contribution in [0.4, 0.5) is 13.2 Å². The van der Waals surface area contributed by atoms with E-state index in [1.54, 1.807) is 17.0 Å². The molecule has 39 heavy (non-hydrogen) atoms. The number of benzene rings is 4. The zero-order valence-electron chi connectivity index (χ0n) is 20.8. The molecule has 5 aromatic rings. The Labute approximate surface area is 227 Å². The molecular weight excluding hydrogens is 523 g/mol. The molecule has 1 aliphatic heterocycles. The van der Waals surface area contributed by atoms with Crippen molar-refractivity contribution in [3.8, 4) is 11.4 Å². The highest BCUT2D eigenvalue weighted by Crippen LogP contribution is 2.37. The quantitative estimate of drug-likeness (QED) is 0.223. The van der Waals surface area contributed by atoms with Crippen LogP contribution in [-0.4, -0.2) is 52.2 Å². The summed E-state index contributed by atoms with van der Waals surface area (Å²) in [5, 5.41) is 2.11. The number of aromatic nitrogens is 2. The first-order chi connectivity index (χ1) is 18.9. The molecule has 0 bridgehead atoms. The van der Waals surface area contributed by atoms with E-state index in [-0.39, 0.29) is 22.6 Å². The number of hydrogen-bond acceptors (Lipinski definition) is 4. The summed E-state index contributed by atoms with van der Waals surface area (Å²) in [7, 11) is 0. The molecule has 0 saturated carbocycles. The van der Waals surface area contributed by atoms with Crippen molar-refractivity contribution in [1.82, 2.24) is 14.5 Å². The Morgan fingerprint density at radius 1 is 0.923 bits per heavy atom. The van der Waals surface area contributed by atoms with E-state index in [2.05, 4.69) is 4.57 Å². The third-order valence-electron chi connectivity index (χ3n) is 6.82. The second-order valence-corrected chi connectivity index (χ2v) is 10.5. The van der Waals surface area contributed by atoms with Crippen LogP contribution in [-0.2, 0) is 11.3 Å². The van der Waals surface area contributed by atoms with Crippen LogP contribution < -0.4 is 0 Å². The molecule has 198 valence electrons. The number of amides is 1. The number of alkyl halides is 3.